The summed E-state index contributed by atoms with van der Waals surface area (Å²) in [6.07, 6.45) is 0.144. The van der Waals surface area contributed by atoms with E-state index in [1.807, 2.05) is 6.07 Å². The Labute approximate surface area is 109 Å². The van der Waals surface area contributed by atoms with Gasteiger partial charge in [-0.3, -0.25) is 4.79 Å². The van der Waals surface area contributed by atoms with Crippen LogP contribution in [-0.4, -0.2) is 5.78 Å². The van der Waals surface area contributed by atoms with Crippen LogP contribution in [0.3, 0.4) is 0 Å². The summed E-state index contributed by atoms with van der Waals surface area (Å²) in [6, 6.07) is 5.17. The highest BCUT2D eigenvalue weighted by Crippen LogP contribution is 2.34. The van der Waals surface area contributed by atoms with Gasteiger partial charge in [0.1, 0.15) is 5.78 Å². The fourth-order valence-electron chi connectivity index (χ4n) is 1.30. The molecule has 0 fully saturated rings. The van der Waals surface area contributed by atoms with Gasteiger partial charge in [-0.05, 0) is 24.6 Å². The molecule has 0 aliphatic carbocycles. The van der Waals surface area contributed by atoms with Gasteiger partial charge in [-0.2, -0.15) is 5.26 Å². The first kappa shape index (κ1) is 13.3. The second-order valence-electron chi connectivity index (χ2n) is 3.39. The third-order valence-electron chi connectivity index (χ3n) is 2.06. The maximum absolute atomic E-state index is 11.0. The third-order valence-corrected chi connectivity index (χ3v) is 3.25. The highest BCUT2D eigenvalue weighted by Gasteiger charge is 2.16. The zero-order valence-corrected chi connectivity index (χ0v) is 10.7. The van der Waals surface area contributed by atoms with E-state index in [2.05, 4.69) is 0 Å². The molecule has 1 unspecified atom stereocenters. The summed E-state index contributed by atoms with van der Waals surface area (Å²) < 4.78 is 0. The summed E-state index contributed by atoms with van der Waals surface area (Å²) in [6.45, 7) is 1.43. The van der Waals surface area contributed by atoms with E-state index >= 15 is 0 Å². The summed E-state index contributed by atoms with van der Waals surface area (Å²) >= 11 is 17.5. The molecule has 1 aromatic rings. The smallest absolute Gasteiger partial charge is 0.131 e. The van der Waals surface area contributed by atoms with Crippen molar-refractivity contribution < 1.29 is 4.79 Å². The van der Waals surface area contributed by atoms with Gasteiger partial charge >= 0.3 is 0 Å². The number of nitrogens with zero attached hydrogens (tertiary/aromatic N) is 1. The Bertz CT molecular complexity index is 442. The van der Waals surface area contributed by atoms with Gasteiger partial charge in [0, 0.05) is 6.42 Å². The fourth-order valence-corrected chi connectivity index (χ4v) is 1.91. The van der Waals surface area contributed by atoms with Crippen LogP contribution in [0.4, 0.5) is 0 Å². The van der Waals surface area contributed by atoms with E-state index in [0.29, 0.717) is 5.56 Å². The molecule has 0 N–H and O–H groups in total. The molecule has 1 atom stereocenters. The molecule has 0 heterocycles. The van der Waals surface area contributed by atoms with Gasteiger partial charge in [0.2, 0.25) is 0 Å². The van der Waals surface area contributed by atoms with Crippen molar-refractivity contribution in [2.24, 2.45) is 0 Å². The van der Waals surface area contributed by atoms with Crippen LogP contribution in [0.5, 0.6) is 0 Å². The number of nitriles is 1. The predicted molar refractivity (Wildman–Crippen MR) is 65.1 cm³/mol. The van der Waals surface area contributed by atoms with Crippen molar-refractivity contribution in [3.63, 3.8) is 0 Å². The van der Waals surface area contributed by atoms with E-state index in [-0.39, 0.29) is 27.3 Å². The maximum atomic E-state index is 11.0. The SMILES string of the molecule is CC(=O)CC(C#N)c1cc(Cl)c(Cl)c(Cl)c1. The molecule has 0 saturated heterocycles. The van der Waals surface area contributed by atoms with Crippen molar-refractivity contribution >= 4 is 40.6 Å². The average molecular weight is 277 g/mol. The van der Waals surface area contributed by atoms with Crippen LogP contribution in [0.1, 0.15) is 24.8 Å². The standard InChI is InChI=1S/C11H8Cl3NO/c1-6(16)2-8(5-15)7-3-9(12)11(14)10(13)4-7/h3-4,8H,2H2,1H3. The minimum absolute atomic E-state index is 0.0613. The van der Waals surface area contributed by atoms with Gasteiger partial charge in [-0.1, -0.05) is 34.8 Å². The van der Waals surface area contributed by atoms with Crippen LogP contribution >= 0.6 is 34.8 Å². The Morgan fingerprint density at radius 3 is 2.25 bits per heavy atom. The number of carbonyl (C=O) groups excluding carboxylic acids is 1. The first-order valence-corrected chi connectivity index (χ1v) is 5.62. The number of hydrogen-bond donors (Lipinski definition) is 0. The highest BCUT2D eigenvalue weighted by atomic mass is 35.5. The molecular formula is C11H8Cl3NO. The van der Waals surface area contributed by atoms with Crippen LogP contribution in [0.25, 0.3) is 0 Å². The lowest BCUT2D eigenvalue weighted by Gasteiger charge is -2.09. The molecule has 0 radical (unpaired) electrons. The molecule has 2 nitrogen and oxygen atoms in total. The largest absolute Gasteiger partial charge is 0.300 e. The van der Waals surface area contributed by atoms with Crippen molar-refractivity contribution in [3.8, 4) is 6.07 Å². The first-order valence-electron chi connectivity index (χ1n) is 4.49. The molecule has 5 heteroatoms. The van der Waals surface area contributed by atoms with Gasteiger partial charge in [0.05, 0.1) is 27.1 Å². The first-order chi connectivity index (χ1) is 7.45. The molecule has 0 saturated carbocycles. The quantitative estimate of drug-likeness (QED) is 0.775. The Kier molecular flexibility index (Phi) is 4.61. The number of rotatable bonds is 3. The van der Waals surface area contributed by atoms with Gasteiger partial charge in [-0.15, -0.1) is 0 Å². The van der Waals surface area contributed by atoms with Crippen molar-refractivity contribution in [1.29, 1.82) is 5.26 Å². The minimum Gasteiger partial charge on any atom is -0.300 e. The highest BCUT2D eigenvalue weighted by molar-refractivity contribution is 6.48. The third kappa shape index (κ3) is 3.12. The van der Waals surface area contributed by atoms with E-state index in [4.69, 9.17) is 40.1 Å². The zero-order valence-electron chi connectivity index (χ0n) is 8.43. The molecule has 1 rings (SSSR count). The van der Waals surface area contributed by atoms with E-state index < -0.39 is 5.92 Å². The minimum atomic E-state index is -0.537. The molecule has 0 bridgehead atoms. The summed E-state index contributed by atoms with van der Waals surface area (Å²) in [5, 5.41) is 9.78. The van der Waals surface area contributed by atoms with E-state index in [9.17, 15) is 4.79 Å². The lowest BCUT2D eigenvalue weighted by molar-refractivity contribution is -0.117. The second-order valence-corrected chi connectivity index (χ2v) is 4.58. The van der Waals surface area contributed by atoms with Gasteiger partial charge < -0.3 is 0 Å². The molecule has 0 spiro atoms. The number of Topliss-reactive ketones (excluding diaryl/α,β-unsaturated/α-hetero) is 1. The molecule has 0 aromatic heterocycles. The van der Waals surface area contributed by atoms with Crippen LogP contribution in [-0.2, 0) is 4.79 Å². The maximum Gasteiger partial charge on any atom is 0.131 e. The second kappa shape index (κ2) is 5.54. The number of hydrogen-bond acceptors (Lipinski definition) is 2. The Hall–Kier alpha value is -0.750. The fraction of sp³-hybridized carbons (Fsp3) is 0.273. The summed E-state index contributed by atoms with van der Waals surface area (Å²) in [4.78, 5) is 11.0. The number of carbonyl (C=O) groups is 1. The molecule has 84 valence electrons. The molecule has 1 aromatic carbocycles. The van der Waals surface area contributed by atoms with Gasteiger partial charge in [0.25, 0.3) is 0 Å². The van der Waals surface area contributed by atoms with Gasteiger partial charge in [-0.25, -0.2) is 0 Å². The number of halogens is 3. The van der Waals surface area contributed by atoms with Crippen LogP contribution in [0.15, 0.2) is 12.1 Å². The number of ketones is 1. The lowest BCUT2D eigenvalue weighted by Crippen LogP contribution is -2.02. The summed E-state index contributed by atoms with van der Waals surface area (Å²) in [5.41, 5.74) is 0.608. The Balaban J connectivity index is 3.12. The lowest BCUT2D eigenvalue weighted by atomic mass is 9.95. The predicted octanol–water partition coefficient (Wildman–Crippen LogP) is 4.23. The zero-order chi connectivity index (χ0) is 12.3. The Morgan fingerprint density at radius 1 is 1.38 bits per heavy atom. The average Bonchev–Trinajstić information content (AvgIpc) is 2.21. The molecular weight excluding hydrogens is 268 g/mol. The topological polar surface area (TPSA) is 40.9 Å². The van der Waals surface area contributed by atoms with Crippen molar-refractivity contribution in [2.45, 2.75) is 19.3 Å². The Morgan fingerprint density at radius 2 is 1.88 bits per heavy atom. The molecule has 0 amide bonds. The van der Waals surface area contributed by atoms with Crippen LogP contribution < -0.4 is 0 Å². The van der Waals surface area contributed by atoms with E-state index in [1.165, 1.54) is 6.92 Å². The van der Waals surface area contributed by atoms with Crippen LogP contribution in [0, 0.1) is 11.3 Å². The molecule has 16 heavy (non-hydrogen) atoms. The summed E-state index contributed by atoms with van der Waals surface area (Å²) in [5.74, 6) is -0.599. The number of benzene rings is 1. The van der Waals surface area contributed by atoms with Gasteiger partial charge in [0.15, 0.2) is 0 Å². The van der Waals surface area contributed by atoms with Crippen LogP contribution in [0.2, 0.25) is 15.1 Å². The normalized spacial score (nSPS) is 11.9. The summed E-state index contributed by atoms with van der Waals surface area (Å²) in [7, 11) is 0. The molecule has 0 aliphatic rings. The van der Waals surface area contributed by atoms with Crippen molar-refractivity contribution in [1.82, 2.24) is 0 Å². The van der Waals surface area contributed by atoms with Crippen molar-refractivity contribution in [3.05, 3.63) is 32.8 Å². The van der Waals surface area contributed by atoms with E-state index in [1.54, 1.807) is 12.1 Å². The van der Waals surface area contributed by atoms with Crippen molar-refractivity contribution in [2.75, 3.05) is 0 Å². The molecule has 0 aliphatic heterocycles. The monoisotopic (exact) mass is 275 g/mol. The van der Waals surface area contributed by atoms with E-state index in [0.717, 1.165) is 0 Å².